The third kappa shape index (κ3) is 4.51. The molecule has 0 aliphatic rings. The van der Waals surface area contributed by atoms with Gasteiger partial charge in [0, 0.05) is 12.6 Å². The van der Waals surface area contributed by atoms with Crippen molar-refractivity contribution in [2.24, 2.45) is 0 Å². The van der Waals surface area contributed by atoms with E-state index >= 15 is 0 Å². The Balaban J connectivity index is 2.13. The van der Waals surface area contributed by atoms with Gasteiger partial charge in [-0.2, -0.15) is 0 Å². The molecule has 0 aliphatic carbocycles. The zero-order valence-corrected chi connectivity index (χ0v) is 13.4. The van der Waals surface area contributed by atoms with E-state index in [2.05, 4.69) is 21.2 Å². The average Bonchev–Trinajstić information content (AvgIpc) is 2.42. The molecule has 112 valence electrons. The first-order valence-electron chi connectivity index (χ1n) is 6.60. The fourth-order valence-electron chi connectivity index (χ4n) is 1.74. The van der Waals surface area contributed by atoms with E-state index in [1.54, 1.807) is 12.1 Å². The monoisotopic (exact) mass is 355 g/mol. The maximum atomic E-state index is 14.0. The van der Waals surface area contributed by atoms with Gasteiger partial charge in [-0.05, 0) is 51.8 Å². The molecule has 0 atom stereocenters. The first-order valence-corrected chi connectivity index (χ1v) is 7.39. The summed E-state index contributed by atoms with van der Waals surface area (Å²) in [6, 6.07) is 9.12. The van der Waals surface area contributed by atoms with E-state index in [-0.39, 0.29) is 11.6 Å². The summed E-state index contributed by atoms with van der Waals surface area (Å²) >= 11 is 3.19. The largest absolute Gasteiger partial charge is 0.453 e. The van der Waals surface area contributed by atoms with Gasteiger partial charge in [0.1, 0.15) is 11.6 Å². The minimum absolute atomic E-state index is 0.107. The van der Waals surface area contributed by atoms with Crippen LogP contribution in [-0.4, -0.2) is 6.04 Å². The third-order valence-corrected chi connectivity index (χ3v) is 3.44. The van der Waals surface area contributed by atoms with Gasteiger partial charge in [0.15, 0.2) is 11.6 Å². The lowest BCUT2D eigenvalue weighted by Gasteiger charge is -2.11. The Hall–Kier alpha value is -1.46. The smallest absolute Gasteiger partial charge is 0.166 e. The molecule has 21 heavy (non-hydrogen) atoms. The highest BCUT2D eigenvalue weighted by atomic mass is 79.9. The van der Waals surface area contributed by atoms with Gasteiger partial charge in [0.25, 0.3) is 0 Å². The molecular formula is C16H16BrF2NO. The predicted molar refractivity (Wildman–Crippen MR) is 82.5 cm³/mol. The molecule has 0 spiro atoms. The van der Waals surface area contributed by atoms with Crippen molar-refractivity contribution in [3.8, 4) is 11.5 Å². The molecule has 0 unspecified atom stereocenters. The summed E-state index contributed by atoms with van der Waals surface area (Å²) in [5, 5.41) is 3.22. The van der Waals surface area contributed by atoms with E-state index < -0.39 is 5.82 Å². The van der Waals surface area contributed by atoms with Gasteiger partial charge < -0.3 is 10.1 Å². The zero-order chi connectivity index (χ0) is 15.4. The van der Waals surface area contributed by atoms with Gasteiger partial charge in [0.2, 0.25) is 0 Å². The summed E-state index contributed by atoms with van der Waals surface area (Å²) < 4.78 is 32.9. The minimum atomic E-state index is -0.450. The second-order valence-electron chi connectivity index (χ2n) is 4.98. The van der Waals surface area contributed by atoms with E-state index in [9.17, 15) is 8.78 Å². The quantitative estimate of drug-likeness (QED) is 0.813. The Kier molecular flexibility index (Phi) is 5.31. The van der Waals surface area contributed by atoms with Crippen LogP contribution in [0.2, 0.25) is 0 Å². The normalized spacial score (nSPS) is 11.0. The number of benzene rings is 2. The summed E-state index contributed by atoms with van der Waals surface area (Å²) in [7, 11) is 0. The standard InChI is InChI=1S/C16H16BrF2NO/c1-10(2)20-9-11-3-5-16(14(19)7-11)21-15-6-4-12(18)8-13(15)17/h3-8,10,20H,9H2,1-2H3. The van der Waals surface area contributed by atoms with Crippen molar-refractivity contribution in [1.82, 2.24) is 5.32 Å². The molecule has 2 aromatic rings. The van der Waals surface area contributed by atoms with E-state index in [1.165, 1.54) is 24.3 Å². The number of nitrogens with one attached hydrogen (secondary N) is 1. The van der Waals surface area contributed by atoms with Gasteiger partial charge in [-0.25, -0.2) is 8.78 Å². The second kappa shape index (κ2) is 7.00. The third-order valence-electron chi connectivity index (χ3n) is 2.82. The van der Waals surface area contributed by atoms with Crippen LogP contribution in [-0.2, 0) is 6.54 Å². The van der Waals surface area contributed by atoms with Crippen molar-refractivity contribution < 1.29 is 13.5 Å². The molecular weight excluding hydrogens is 340 g/mol. The molecule has 0 heterocycles. The number of rotatable bonds is 5. The number of ether oxygens (including phenoxy) is 1. The second-order valence-corrected chi connectivity index (χ2v) is 5.83. The highest BCUT2D eigenvalue weighted by molar-refractivity contribution is 9.10. The molecule has 5 heteroatoms. The highest BCUT2D eigenvalue weighted by Gasteiger charge is 2.09. The Morgan fingerprint density at radius 3 is 2.43 bits per heavy atom. The summed E-state index contributed by atoms with van der Waals surface area (Å²) in [5.41, 5.74) is 0.840. The number of hydrogen-bond donors (Lipinski definition) is 1. The summed E-state index contributed by atoms with van der Waals surface area (Å²) in [6.45, 7) is 4.65. The zero-order valence-electron chi connectivity index (χ0n) is 11.8. The van der Waals surface area contributed by atoms with Crippen LogP contribution in [0.1, 0.15) is 19.4 Å². The van der Waals surface area contributed by atoms with E-state index in [4.69, 9.17) is 4.74 Å². The van der Waals surface area contributed by atoms with Crippen molar-refractivity contribution in [3.05, 3.63) is 58.1 Å². The van der Waals surface area contributed by atoms with Crippen molar-refractivity contribution in [3.63, 3.8) is 0 Å². The van der Waals surface area contributed by atoms with Crippen molar-refractivity contribution in [2.45, 2.75) is 26.4 Å². The predicted octanol–water partition coefficient (Wildman–Crippen LogP) is 5.02. The van der Waals surface area contributed by atoms with Crippen molar-refractivity contribution in [1.29, 1.82) is 0 Å². The summed E-state index contributed by atoms with van der Waals surface area (Å²) in [5.74, 6) is -0.363. The first-order chi connectivity index (χ1) is 9.95. The lowest BCUT2D eigenvalue weighted by atomic mass is 10.2. The van der Waals surface area contributed by atoms with Crippen LogP contribution in [0.5, 0.6) is 11.5 Å². The summed E-state index contributed by atoms with van der Waals surface area (Å²) in [6.07, 6.45) is 0. The molecule has 0 saturated carbocycles. The molecule has 0 bridgehead atoms. The average molecular weight is 356 g/mol. The lowest BCUT2D eigenvalue weighted by molar-refractivity contribution is 0.437. The van der Waals surface area contributed by atoms with Crippen molar-refractivity contribution in [2.75, 3.05) is 0 Å². The molecule has 0 aromatic heterocycles. The van der Waals surface area contributed by atoms with Crippen LogP contribution >= 0.6 is 15.9 Å². The van der Waals surface area contributed by atoms with E-state index in [0.29, 0.717) is 22.8 Å². The maximum Gasteiger partial charge on any atom is 0.166 e. The number of halogens is 3. The van der Waals surface area contributed by atoms with Crippen LogP contribution in [0, 0.1) is 11.6 Å². The Bertz CT molecular complexity index is 632. The van der Waals surface area contributed by atoms with Gasteiger partial charge >= 0.3 is 0 Å². The molecule has 0 radical (unpaired) electrons. The van der Waals surface area contributed by atoms with Crippen LogP contribution in [0.3, 0.4) is 0 Å². The topological polar surface area (TPSA) is 21.3 Å². The molecule has 2 rings (SSSR count). The Morgan fingerprint density at radius 1 is 1.10 bits per heavy atom. The van der Waals surface area contributed by atoms with Crippen LogP contribution in [0.4, 0.5) is 8.78 Å². The first kappa shape index (κ1) is 15.9. The fourth-order valence-corrected chi connectivity index (χ4v) is 2.17. The van der Waals surface area contributed by atoms with Crippen LogP contribution in [0.25, 0.3) is 0 Å². The number of hydrogen-bond acceptors (Lipinski definition) is 2. The van der Waals surface area contributed by atoms with E-state index in [1.807, 2.05) is 13.8 Å². The molecule has 2 aromatic carbocycles. The van der Waals surface area contributed by atoms with Crippen LogP contribution in [0.15, 0.2) is 40.9 Å². The Labute approximate surface area is 131 Å². The molecule has 0 aliphatic heterocycles. The molecule has 0 fully saturated rings. The molecule has 1 N–H and O–H groups in total. The molecule has 2 nitrogen and oxygen atoms in total. The maximum absolute atomic E-state index is 14.0. The van der Waals surface area contributed by atoms with Crippen LogP contribution < -0.4 is 10.1 Å². The van der Waals surface area contributed by atoms with Gasteiger partial charge in [-0.3, -0.25) is 0 Å². The lowest BCUT2D eigenvalue weighted by Crippen LogP contribution is -2.21. The Morgan fingerprint density at radius 2 is 1.81 bits per heavy atom. The highest BCUT2D eigenvalue weighted by Crippen LogP contribution is 2.31. The molecule has 0 saturated heterocycles. The minimum Gasteiger partial charge on any atom is -0.453 e. The van der Waals surface area contributed by atoms with Gasteiger partial charge in [0.05, 0.1) is 4.47 Å². The van der Waals surface area contributed by atoms with Crippen molar-refractivity contribution >= 4 is 15.9 Å². The fraction of sp³-hybridized carbons (Fsp3) is 0.250. The van der Waals surface area contributed by atoms with Gasteiger partial charge in [-0.1, -0.05) is 19.9 Å². The molecule has 0 amide bonds. The summed E-state index contributed by atoms with van der Waals surface area (Å²) in [4.78, 5) is 0. The van der Waals surface area contributed by atoms with E-state index in [0.717, 1.165) is 5.56 Å². The SMILES string of the molecule is CC(C)NCc1ccc(Oc2ccc(F)cc2Br)c(F)c1. The van der Waals surface area contributed by atoms with Gasteiger partial charge in [-0.15, -0.1) is 0 Å².